The van der Waals surface area contributed by atoms with Crippen LogP contribution in [0.3, 0.4) is 0 Å². The Balaban J connectivity index is 1.66. The van der Waals surface area contributed by atoms with Crippen molar-refractivity contribution >= 4 is 27.9 Å². The monoisotopic (exact) mass is 339 g/mol. The Kier molecular flexibility index (Phi) is 4.11. The van der Waals surface area contributed by atoms with Crippen molar-refractivity contribution in [3.05, 3.63) is 53.6 Å². The Labute approximate surface area is 145 Å². The number of nitrogens with zero attached hydrogens (tertiary/aromatic N) is 1. The summed E-state index contributed by atoms with van der Waals surface area (Å²) >= 11 is 5.48. The second-order valence-electron chi connectivity index (χ2n) is 6.43. The lowest BCUT2D eigenvalue weighted by Gasteiger charge is -2.21. The molecule has 4 rings (SSSR count). The van der Waals surface area contributed by atoms with Crippen LogP contribution in [0.2, 0.25) is 0 Å². The highest BCUT2D eigenvalue weighted by atomic mass is 35.5. The van der Waals surface area contributed by atoms with Crippen LogP contribution in [0.4, 0.5) is 0 Å². The van der Waals surface area contributed by atoms with Crippen LogP contribution in [-0.2, 0) is 0 Å². The van der Waals surface area contributed by atoms with E-state index in [9.17, 15) is 4.79 Å². The number of carbonyl (C=O) groups is 1. The molecule has 1 aliphatic carbocycles. The zero-order valence-electron chi connectivity index (χ0n) is 13.3. The third-order valence-corrected chi connectivity index (χ3v) is 5.07. The Morgan fingerprint density at radius 3 is 2.50 bits per heavy atom. The molecule has 3 aromatic rings. The summed E-state index contributed by atoms with van der Waals surface area (Å²) in [5, 5.41) is -0.462. The predicted molar refractivity (Wildman–Crippen MR) is 95.5 cm³/mol. The summed E-state index contributed by atoms with van der Waals surface area (Å²) in [7, 11) is 0. The number of rotatable bonds is 3. The van der Waals surface area contributed by atoms with E-state index in [1.807, 2.05) is 18.2 Å². The maximum atomic E-state index is 11.1. The fourth-order valence-electron chi connectivity index (χ4n) is 3.50. The van der Waals surface area contributed by atoms with E-state index in [1.165, 1.54) is 37.7 Å². The maximum Gasteiger partial charge on any atom is 0.252 e. The number of carbonyl (C=O) groups excluding carboxylic acids is 1. The van der Waals surface area contributed by atoms with Crippen LogP contribution in [0.15, 0.2) is 46.9 Å². The summed E-state index contributed by atoms with van der Waals surface area (Å²) in [6.07, 6.45) is 6.53. The van der Waals surface area contributed by atoms with Crippen LogP contribution in [0.25, 0.3) is 22.6 Å². The van der Waals surface area contributed by atoms with Gasteiger partial charge < -0.3 is 4.42 Å². The van der Waals surface area contributed by atoms with E-state index in [0.717, 1.165) is 16.7 Å². The Morgan fingerprint density at radius 2 is 1.79 bits per heavy atom. The molecule has 122 valence electrons. The first-order valence-corrected chi connectivity index (χ1v) is 8.79. The van der Waals surface area contributed by atoms with Crippen molar-refractivity contribution in [2.45, 2.75) is 38.0 Å². The Hall–Kier alpha value is -2.13. The number of hydrogen-bond acceptors (Lipinski definition) is 3. The molecule has 1 aliphatic rings. The largest absolute Gasteiger partial charge is 0.436 e. The lowest BCUT2D eigenvalue weighted by atomic mass is 9.84. The maximum absolute atomic E-state index is 11.1. The minimum Gasteiger partial charge on any atom is -0.436 e. The fraction of sp³-hybridized carbons (Fsp3) is 0.300. The van der Waals surface area contributed by atoms with Gasteiger partial charge in [0.25, 0.3) is 5.24 Å². The molecule has 24 heavy (non-hydrogen) atoms. The summed E-state index contributed by atoms with van der Waals surface area (Å²) in [5.41, 5.74) is 4.36. The van der Waals surface area contributed by atoms with Gasteiger partial charge in [-0.05, 0) is 72.3 Å². The molecule has 1 saturated carbocycles. The molecule has 0 atom stereocenters. The van der Waals surface area contributed by atoms with Gasteiger partial charge in [0.1, 0.15) is 5.52 Å². The molecule has 2 aromatic carbocycles. The van der Waals surface area contributed by atoms with Crippen molar-refractivity contribution in [3.63, 3.8) is 0 Å². The molecule has 0 radical (unpaired) electrons. The van der Waals surface area contributed by atoms with Gasteiger partial charge >= 0.3 is 0 Å². The highest BCUT2D eigenvalue weighted by Crippen LogP contribution is 2.34. The van der Waals surface area contributed by atoms with Gasteiger partial charge in [-0.1, -0.05) is 25.3 Å². The standard InChI is InChI=1S/C20H18ClNO2/c21-19(23)14-6-8-15(9-7-14)20-22-17-12-16(10-11-18(17)24-20)13-4-2-1-3-5-13/h6-13H,1-5H2. The van der Waals surface area contributed by atoms with Crippen molar-refractivity contribution < 1.29 is 9.21 Å². The quantitative estimate of drug-likeness (QED) is 0.556. The molecule has 1 aromatic heterocycles. The smallest absolute Gasteiger partial charge is 0.252 e. The summed E-state index contributed by atoms with van der Waals surface area (Å²) in [5.74, 6) is 1.22. The minimum atomic E-state index is -0.462. The topological polar surface area (TPSA) is 43.1 Å². The van der Waals surface area contributed by atoms with Gasteiger partial charge in [0.2, 0.25) is 5.89 Å². The number of hydrogen-bond donors (Lipinski definition) is 0. The second kappa shape index (κ2) is 6.40. The van der Waals surface area contributed by atoms with Crippen LogP contribution in [0.1, 0.15) is 53.9 Å². The van der Waals surface area contributed by atoms with Crippen LogP contribution < -0.4 is 0 Å². The molecule has 1 fully saturated rings. The van der Waals surface area contributed by atoms with E-state index in [-0.39, 0.29) is 0 Å². The van der Waals surface area contributed by atoms with E-state index < -0.39 is 5.24 Å². The number of oxazole rings is 1. The molecular formula is C20H18ClNO2. The lowest BCUT2D eigenvalue weighted by molar-refractivity contribution is 0.108. The highest BCUT2D eigenvalue weighted by molar-refractivity contribution is 6.67. The van der Waals surface area contributed by atoms with E-state index >= 15 is 0 Å². The van der Waals surface area contributed by atoms with Gasteiger partial charge in [-0.3, -0.25) is 4.79 Å². The predicted octanol–water partition coefficient (Wildman–Crippen LogP) is 5.92. The SMILES string of the molecule is O=C(Cl)c1ccc(-c2nc3cc(C4CCCCC4)ccc3o2)cc1. The molecule has 0 N–H and O–H groups in total. The lowest BCUT2D eigenvalue weighted by Crippen LogP contribution is -2.04. The average molecular weight is 340 g/mol. The third kappa shape index (κ3) is 2.96. The molecule has 4 heteroatoms. The van der Waals surface area contributed by atoms with Crippen LogP contribution in [0, 0.1) is 0 Å². The third-order valence-electron chi connectivity index (χ3n) is 4.85. The molecule has 0 unspecified atom stereocenters. The minimum absolute atomic E-state index is 0.462. The zero-order valence-corrected chi connectivity index (χ0v) is 14.1. The van der Waals surface area contributed by atoms with Crippen molar-refractivity contribution in [2.24, 2.45) is 0 Å². The second-order valence-corrected chi connectivity index (χ2v) is 6.78. The average Bonchev–Trinajstić information content (AvgIpc) is 3.06. The summed E-state index contributed by atoms with van der Waals surface area (Å²) in [4.78, 5) is 15.8. The van der Waals surface area contributed by atoms with Gasteiger partial charge in [0.15, 0.2) is 5.58 Å². The van der Waals surface area contributed by atoms with Crippen molar-refractivity contribution in [1.29, 1.82) is 0 Å². The molecule has 1 heterocycles. The summed E-state index contributed by atoms with van der Waals surface area (Å²) in [6.45, 7) is 0. The molecule has 0 amide bonds. The van der Waals surface area contributed by atoms with Crippen molar-refractivity contribution in [3.8, 4) is 11.5 Å². The summed E-state index contributed by atoms with van der Waals surface area (Å²) < 4.78 is 5.87. The van der Waals surface area contributed by atoms with Gasteiger partial charge in [-0.15, -0.1) is 0 Å². The first-order valence-electron chi connectivity index (χ1n) is 8.41. The first-order chi connectivity index (χ1) is 11.7. The van der Waals surface area contributed by atoms with E-state index in [4.69, 9.17) is 16.0 Å². The Morgan fingerprint density at radius 1 is 1.04 bits per heavy atom. The molecule has 3 nitrogen and oxygen atoms in total. The van der Waals surface area contributed by atoms with E-state index in [0.29, 0.717) is 17.4 Å². The van der Waals surface area contributed by atoms with Gasteiger partial charge in [0, 0.05) is 11.1 Å². The van der Waals surface area contributed by atoms with Crippen molar-refractivity contribution in [1.82, 2.24) is 4.98 Å². The van der Waals surface area contributed by atoms with Crippen LogP contribution in [0.5, 0.6) is 0 Å². The molecule has 0 spiro atoms. The number of benzene rings is 2. The molecule has 0 aliphatic heterocycles. The van der Waals surface area contributed by atoms with Gasteiger partial charge in [-0.2, -0.15) is 0 Å². The van der Waals surface area contributed by atoms with E-state index in [1.54, 1.807) is 12.1 Å². The normalized spacial score (nSPS) is 15.7. The van der Waals surface area contributed by atoms with E-state index in [2.05, 4.69) is 17.1 Å². The van der Waals surface area contributed by atoms with Gasteiger partial charge in [0.05, 0.1) is 0 Å². The van der Waals surface area contributed by atoms with Crippen LogP contribution >= 0.6 is 11.6 Å². The molecule has 0 saturated heterocycles. The summed E-state index contributed by atoms with van der Waals surface area (Å²) in [6, 6.07) is 13.3. The number of aromatic nitrogens is 1. The number of fused-ring (bicyclic) bond motifs is 1. The fourth-order valence-corrected chi connectivity index (χ4v) is 3.63. The number of halogens is 1. The highest BCUT2D eigenvalue weighted by Gasteiger charge is 2.17. The molecular weight excluding hydrogens is 322 g/mol. The Bertz CT molecular complexity index is 876. The first kappa shape index (κ1) is 15.4. The molecule has 0 bridgehead atoms. The van der Waals surface area contributed by atoms with Gasteiger partial charge in [-0.25, -0.2) is 4.98 Å². The zero-order chi connectivity index (χ0) is 16.5. The van der Waals surface area contributed by atoms with Crippen molar-refractivity contribution in [2.75, 3.05) is 0 Å². The van der Waals surface area contributed by atoms with Crippen LogP contribution in [-0.4, -0.2) is 10.2 Å².